The fourth-order valence-corrected chi connectivity index (χ4v) is 0. The van der Waals surface area contributed by atoms with Crippen molar-refractivity contribution in [2.75, 3.05) is 7.05 Å². The van der Waals surface area contributed by atoms with Crippen LogP contribution in [0.15, 0.2) is 0 Å². The molecule has 0 atom stereocenters. The second-order valence-electron chi connectivity index (χ2n) is 0.568. The first-order valence-corrected chi connectivity index (χ1v) is 1.79. The molecule has 0 rings (SSSR count). The molecule has 0 aromatic rings. The number of nitrogens with zero attached hydrogens (tertiary/aromatic N) is 1. The highest BCUT2D eigenvalue weighted by molar-refractivity contribution is 7.78. The Hall–Kier alpha value is 0.180. The molecule has 0 aromatic heterocycles. The molecule has 0 unspecified atom stereocenters. The maximum absolute atomic E-state index is 5.08. The zero-order chi connectivity index (χ0) is 4.28. The lowest BCUT2D eigenvalue weighted by atomic mass is 11.3. The van der Waals surface area contributed by atoms with E-state index >= 15 is 0 Å². The van der Waals surface area contributed by atoms with E-state index in [1.54, 1.807) is 7.05 Å². The van der Waals surface area contributed by atoms with E-state index < -0.39 is 0 Å². The first-order chi connectivity index (χ1) is 2.27. The van der Waals surface area contributed by atoms with Crippen molar-refractivity contribution in [1.29, 1.82) is 0 Å². The molecule has 0 aliphatic heterocycles. The van der Waals surface area contributed by atoms with Gasteiger partial charge in [-0.25, -0.2) is 0 Å². The lowest BCUT2D eigenvalue weighted by molar-refractivity contribution is 0.864. The fraction of sp³-hybridized carbons (Fsp3) is 0.500. The van der Waals surface area contributed by atoms with Gasteiger partial charge in [-0.3, -0.25) is 4.42 Å². The molecule has 0 heterocycles. The summed E-state index contributed by atoms with van der Waals surface area (Å²) in [7, 11) is 1.61. The maximum Gasteiger partial charge on any atom is 0.152 e. The third kappa shape index (κ3) is 4.18. The largest absolute Gasteiger partial charge is 0.276 e. The van der Waals surface area contributed by atoms with Crippen LogP contribution in [0.3, 0.4) is 0 Å². The normalized spacial score (nSPS) is 6.80. The van der Waals surface area contributed by atoms with Crippen LogP contribution in [0.1, 0.15) is 0 Å². The number of hydrogen-bond acceptors (Lipinski definition) is 1. The van der Waals surface area contributed by atoms with Crippen LogP contribution in [0.4, 0.5) is 0 Å². The molecular formula is C2H3ClNS. The average Bonchev–Trinajstić information content (AvgIpc) is 1.38. The van der Waals surface area contributed by atoms with E-state index in [1.807, 2.05) is 0 Å². The second-order valence-corrected chi connectivity index (χ2v) is 1.26. The summed E-state index contributed by atoms with van der Waals surface area (Å²) in [6, 6.07) is 0. The summed E-state index contributed by atoms with van der Waals surface area (Å²) in [5.74, 6) is 0. The van der Waals surface area contributed by atoms with Crippen molar-refractivity contribution >= 4 is 29.5 Å². The van der Waals surface area contributed by atoms with Crippen molar-refractivity contribution in [3.63, 3.8) is 0 Å². The van der Waals surface area contributed by atoms with Gasteiger partial charge in [-0.15, -0.1) is 0 Å². The minimum Gasteiger partial charge on any atom is -0.276 e. The highest BCUT2D eigenvalue weighted by atomic mass is 35.5. The molecule has 0 aliphatic rings. The van der Waals surface area contributed by atoms with Gasteiger partial charge >= 0.3 is 0 Å². The molecule has 0 amide bonds. The van der Waals surface area contributed by atoms with E-state index in [4.69, 9.17) is 11.8 Å². The Bertz CT molecular complexity index is 36.6. The van der Waals surface area contributed by atoms with E-state index in [-0.39, 0.29) is 0 Å². The predicted octanol–water partition coefficient (Wildman–Crippen LogP) is 0.906. The number of halogens is 1. The molecule has 0 saturated carbocycles. The summed E-state index contributed by atoms with van der Waals surface area (Å²) in [5.41, 5.74) is 2.21. The van der Waals surface area contributed by atoms with E-state index in [0.717, 1.165) is 4.42 Å². The van der Waals surface area contributed by atoms with Crippen LogP contribution in [0, 0.1) is 0 Å². The topological polar surface area (TPSA) is 3.24 Å². The van der Waals surface area contributed by atoms with Gasteiger partial charge in [0.25, 0.3) is 0 Å². The number of hydrogen-bond donors (Lipinski definition) is 0. The molecule has 0 saturated heterocycles. The van der Waals surface area contributed by atoms with Crippen LogP contribution in [-0.4, -0.2) is 17.0 Å². The molecule has 0 spiro atoms. The monoisotopic (exact) mass is 108 g/mol. The SMILES string of the molecule is CN(Cl)[C]=S. The van der Waals surface area contributed by atoms with Gasteiger partial charge in [0.2, 0.25) is 0 Å². The van der Waals surface area contributed by atoms with Gasteiger partial charge in [0.15, 0.2) is 5.49 Å². The Labute approximate surface area is 41.6 Å². The highest BCUT2D eigenvalue weighted by Gasteiger charge is 1.70. The van der Waals surface area contributed by atoms with Crippen LogP contribution in [-0.2, 0) is 0 Å². The third-order valence-corrected chi connectivity index (χ3v) is 0.584. The number of thiocarbonyl (C=S) groups is 1. The molecule has 29 valence electrons. The minimum atomic E-state index is 1.16. The molecule has 0 aromatic carbocycles. The minimum absolute atomic E-state index is 1.16. The fourth-order valence-electron chi connectivity index (χ4n) is 0. The van der Waals surface area contributed by atoms with Crippen LogP contribution in [0.2, 0.25) is 0 Å². The molecule has 1 nitrogen and oxygen atoms in total. The Morgan fingerprint density at radius 1 is 2.00 bits per heavy atom. The standard InChI is InChI=1S/C2H3ClNS/c1-4(3)2-5/h1H3. The summed E-state index contributed by atoms with van der Waals surface area (Å²) in [5, 5.41) is 0. The Kier molecular flexibility index (Phi) is 2.51. The summed E-state index contributed by atoms with van der Waals surface area (Å²) in [6.07, 6.45) is 0. The molecule has 3 heteroatoms. The second kappa shape index (κ2) is 2.42. The van der Waals surface area contributed by atoms with Gasteiger partial charge in [0.05, 0.1) is 0 Å². The summed E-state index contributed by atoms with van der Waals surface area (Å²) in [4.78, 5) is 0. The summed E-state index contributed by atoms with van der Waals surface area (Å²) < 4.78 is 1.16. The van der Waals surface area contributed by atoms with Crippen molar-refractivity contribution in [3.05, 3.63) is 0 Å². The highest BCUT2D eigenvalue weighted by Crippen LogP contribution is 1.76. The van der Waals surface area contributed by atoms with Crippen molar-refractivity contribution in [2.45, 2.75) is 0 Å². The van der Waals surface area contributed by atoms with Crippen LogP contribution >= 0.6 is 24.0 Å². The van der Waals surface area contributed by atoms with E-state index in [1.165, 1.54) is 0 Å². The maximum atomic E-state index is 5.08. The van der Waals surface area contributed by atoms with Crippen molar-refractivity contribution in [2.24, 2.45) is 0 Å². The van der Waals surface area contributed by atoms with Crippen molar-refractivity contribution < 1.29 is 0 Å². The van der Waals surface area contributed by atoms with Gasteiger partial charge in [-0.05, 0) is 0 Å². The molecular weight excluding hydrogens is 106 g/mol. The molecule has 0 fully saturated rings. The molecule has 0 bridgehead atoms. The average molecular weight is 109 g/mol. The lowest BCUT2D eigenvalue weighted by Gasteiger charge is -1.89. The van der Waals surface area contributed by atoms with Gasteiger partial charge in [0, 0.05) is 18.8 Å². The Morgan fingerprint density at radius 3 is 2.20 bits per heavy atom. The van der Waals surface area contributed by atoms with E-state index in [2.05, 4.69) is 17.7 Å². The summed E-state index contributed by atoms with van der Waals surface area (Å²) in [6.45, 7) is 0. The van der Waals surface area contributed by atoms with Gasteiger partial charge in [-0.2, -0.15) is 0 Å². The van der Waals surface area contributed by atoms with Crippen molar-refractivity contribution in [3.8, 4) is 0 Å². The first kappa shape index (κ1) is 5.18. The molecule has 5 heavy (non-hydrogen) atoms. The van der Waals surface area contributed by atoms with Gasteiger partial charge in [0.1, 0.15) is 0 Å². The van der Waals surface area contributed by atoms with Crippen LogP contribution < -0.4 is 0 Å². The van der Waals surface area contributed by atoms with Crippen LogP contribution in [0.25, 0.3) is 0 Å². The zero-order valence-corrected chi connectivity index (χ0v) is 4.31. The van der Waals surface area contributed by atoms with E-state index in [9.17, 15) is 0 Å². The van der Waals surface area contributed by atoms with Gasteiger partial charge < -0.3 is 0 Å². The molecule has 1 radical (unpaired) electrons. The Balaban J connectivity index is 2.83. The quantitative estimate of drug-likeness (QED) is 0.279. The lowest BCUT2D eigenvalue weighted by Crippen LogP contribution is -1.95. The Morgan fingerprint density at radius 2 is 2.20 bits per heavy atom. The molecule has 0 N–H and O–H groups in total. The third-order valence-electron chi connectivity index (χ3n) is 0.126. The predicted molar refractivity (Wildman–Crippen MR) is 26.2 cm³/mol. The van der Waals surface area contributed by atoms with Crippen LogP contribution in [0.5, 0.6) is 0 Å². The smallest absolute Gasteiger partial charge is 0.152 e. The van der Waals surface area contributed by atoms with Gasteiger partial charge in [-0.1, -0.05) is 12.2 Å². The molecule has 0 aliphatic carbocycles. The first-order valence-electron chi connectivity index (χ1n) is 1.04. The van der Waals surface area contributed by atoms with Crippen molar-refractivity contribution in [1.82, 2.24) is 4.42 Å². The summed E-state index contributed by atoms with van der Waals surface area (Å²) >= 11 is 9.30. The zero-order valence-electron chi connectivity index (χ0n) is 2.73. The van der Waals surface area contributed by atoms with E-state index in [0.29, 0.717) is 0 Å². The number of rotatable bonds is 1.